The molecule has 21 heavy (non-hydrogen) atoms. The van der Waals surface area contributed by atoms with Gasteiger partial charge in [-0.2, -0.15) is 13.2 Å². The minimum Gasteiger partial charge on any atom is -0.314 e. The highest BCUT2D eigenvalue weighted by Gasteiger charge is 2.30. The maximum Gasteiger partial charge on any atom is 0.416 e. The molecule has 0 aromatic heterocycles. The van der Waals surface area contributed by atoms with Crippen molar-refractivity contribution in [2.75, 3.05) is 6.54 Å². The molecule has 0 aliphatic heterocycles. The van der Waals surface area contributed by atoms with E-state index in [0.717, 1.165) is 37.8 Å². The van der Waals surface area contributed by atoms with Crippen LogP contribution in [-0.4, -0.2) is 12.6 Å². The lowest BCUT2D eigenvalue weighted by atomic mass is 9.90. The molecule has 1 aromatic carbocycles. The van der Waals surface area contributed by atoms with Crippen molar-refractivity contribution in [2.45, 2.75) is 63.6 Å². The fourth-order valence-corrected chi connectivity index (χ4v) is 3.14. The topological polar surface area (TPSA) is 12.0 Å². The highest BCUT2D eigenvalue weighted by molar-refractivity contribution is 5.27. The van der Waals surface area contributed by atoms with Crippen LogP contribution in [-0.2, 0) is 6.18 Å². The van der Waals surface area contributed by atoms with E-state index in [1.165, 1.54) is 25.0 Å². The smallest absolute Gasteiger partial charge is 0.314 e. The van der Waals surface area contributed by atoms with E-state index in [-0.39, 0.29) is 0 Å². The van der Waals surface area contributed by atoms with Gasteiger partial charge in [-0.1, -0.05) is 31.9 Å². The molecule has 118 valence electrons. The summed E-state index contributed by atoms with van der Waals surface area (Å²) in [6, 6.07) is 6.26. The highest BCUT2D eigenvalue weighted by atomic mass is 19.4. The zero-order valence-electron chi connectivity index (χ0n) is 12.5. The van der Waals surface area contributed by atoms with Crippen LogP contribution in [0.3, 0.4) is 0 Å². The van der Waals surface area contributed by atoms with Gasteiger partial charge in [-0.05, 0) is 55.8 Å². The molecule has 1 nitrogen and oxygen atoms in total. The first-order valence-corrected chi connectivity index (χ1v) is 7.91. The third-order valence-corrected chi connectivity index (χ3v) is 4.32. The molecule has 4 heteroatoms. The standard InChI is InChI=1S/C17H24F3N/c1-2-11-21-16-6-4-3-5-14(12-16)13-7-9-15(10-8-13)17(18,19)20/h7-10,14,16,21H,2-6,11-12H2,1H3. The number of halogens is 3. The average molecular weight is 299 g/mol. The van der Waals surface area contributed by atoms with Crippen LogP contribution in [0.1, 0.15) is 62.5 Å². The molecular weight excluding hydrogens is 275 g/mol. The Morgan fingerprint density at radius 2 is 1.76 bits per heavy atom. The van der Waals surface area contributed by atoms with Crippen LogP contribution in [0.25, 0.3) is 0 Å². The molecule has 0 radical (unpaired) electrons. The van der Waals surface area contributed by atoms with E-state index < -0.39 is 11.7 Å². The van der Waals surface area contributed by atoms with Crippen molar-refractivity contribution in [3.05, 3.63) is 35.4 Å². The summed E-state index contributed by atoms with van der Waals surface area (Å²) in [5, 5.41) is 3.57. The van der Waals surface area contributed by atoms with Crippen molar-refractivity contribution in [1.82, 2.24) is 5.32 Å². The van der Waals surface area contributed by atoms with Crippen LogP contribution in [0, 0.1) is 0 Å². The van der Waals surface area contributed by atoms with E-state index in [1.54, 1.807) is 12.1 Å². The highest BCUT2D eigenvalue weighted by Crippen LogP contribution is 2.34. The lowest BCUT2D eigenvalue weighted by molar-refractivity contribution is -0.137. The van der Waals surface area contributed by atoms with Crippen molar-refractivity contribution in [1.29, 1.82) is 0 Å². The Morgan fingerprint density at radius 3 is 2.38 bits per heavy atom. The molecule has 2 rings (SSSR count). The van der Waals surface area contributed by atoms with E-state index in [2.05, 4.69) is 12.2 Å². The third-order valence-electron chi connectivity index (χ3n) is 4.32. The van der Waals surface area contributed by atoms with E-state index >= 15 is 0 Å². The van der Waals surface area contributed by atoms with Gasteiger partial charge in [-0.15, -0.1) is 0 Å². The van der Waals surface area contributed by atoms with Crippen molar-refractivity contribution in [3.63, 3.8) is 0 Å². The van der Waals surface area contributed by atoms with Crippen molar-refractivity contribution in [2.24, 2.45) is 0 Å². The molecule has 1 saturated carbocycles. The van der Waals surface area contributed by atoms with Gasteiger partial charge < -0.3 is 5.32 Å². The molecule has 1 aliphatic carbocycles. The third kappa shape index (κ3) is 4.73. The Balaban J connectivity index is 2.05. The van der Waals surface area contributed by atoms with E-state index in [0.29, 0.717) is 12.0 Å². The summed E-state index contributed by atoms with van der Waals surface area (Å²) >= 11 is 0. The molecule has 1 N–H and O–H groups in total. The van der Waals surface area contributed by atoms with Crippen molar-refractivity contribution >= 4 is 0 Å². The van der Waals surface area contributed by atoms with Crippen LogP contribution >= 0.6 is 0 Å². The predicted octanol–water partition coefficient (Wildman–Crippen LogP) is 5.12. The maximum absolute atomic E-state index is 12.6. The molecule has 0 heterocycles. The molecule has 0 amide bonds. The Bertz CT molecular complexity index is 425. The van der Waals surface area contributed by atoms with Gasteiger partial charge in [0.2, 0.25) is 0 Å². The van der Waals surface area contributed by atoms with Crippen LogP contribution in [0.4, 0.5) is 13.2 Å². The summed E-state index contributed by atoms with van der Waals surface area (Å²) in [5.41, 5.74) is 0.494. The van der Waals surface area contributed by atoms with Gasteiger partial charge in [0.25, 0.3) is 0 Å². The number of alkyl halides is 3. The van der Waals surface area contributed by atoms with Gasteiger partial charge in [-0.3, -0.25) is 0 Å². The summed E-state index contributed by atoms with van der Waals surface area (Å²) < 4.78 is 37.9. The Kier molecular flexibility index (Phi) is 5.68. The molecule has 1 fully saturated rings. The molecule has 0 spiro atoms. The Hall–Kier alpha value is -1.03. The molecule has 2 unspecified atom stereocenters. The number of rotatable bonds is 4. The van der Waals surface area contributed by atoms with Gasteiger partial charge in [0.15, 0.2) is 0 Å². The van der Waals surface area contributed by atoms with Gasteiger partial charge in [0.1, 0.15) is 0 Å². The number of benzene rings is 1. The van der Waals surface area contributed by atoms with E-state index in [1.807, 2.05) is 0 Å². The second-order valence-electron chi connectivity index (χ2n) is 5.99. The quantitative estimate of drug-likeness (QED) is 0.761. The first-order valence-electron chi connectivity index (χ1n) is 7.91. The summed E-state index contributed by atoms with van der Waals surface area (Å²) in [5.74, 6) is 0.379. The number of hydrogen-bond donors (Lipinski definition) is 1. The van der Waals surface area contributed by atoms with Gasteiger partial charge in [0.05, 0.1) is 5.56 Å². The summed E-state index contributed by atoms with van der Waals surface area (Å²) in [6.45, 7) is 3.17. The van der Waals surface area contributed by atoms with Crippen LogP contribution in [0.2, 0.25) is 0 Å². The molecule has 0 saturated heterocycles. The van der Waals surface area contributed by atoms with Crippen LogP contribution in [0.5, 0.6) is 0 Å². The van der Waals surface area contributed by atoms with E-state index in [4.69, 9.17) is 0 Å². The fourth-order valence-electron chi connectivity index (χ4n) is 3.14. The van der Waals surface area contributed by atoms with Crippen LogP contribution < -0.4 is 5.32 Å². The Labute approximate surface area is 124 Å². The minimum atomic E-state index is -4.24. The van der Waals surface area contributed by atoms with Crippen molar-refractivity contribution < 1.29 is 13.2 Å². The first kappa shape index (κ1) is 16.3. The zero-order valence-corrected chi connectivity index (χ0v) is 12.5. The molecule has 2 atom stereocenters. The summed E-state index contributed by atoms with van der Waals surface area (Å²) in [7, 11) is 0. The minimum absolute atomic E-state index is 0.379. The summed E-state index contributed by atoms with van der Waals surface area (Å²) in [6.07, 6.45) is 2.53. The van der Waals surface area contributed by atoms with Gasteiger partial charge in [-0.25, -0.2) is 0 Å². The molecule has 1 aliphatic rings. The predicted molar refractivity (Wildman–Crippen MR) is 79.4 cm³/mol. The summed E-state index contributed by atoms with van der Waals surface area (Å²) in [4.78, 5) is 0. The largest absolute Gasteiger partial charge is 0.416 e. The SMILES string of the molecule is CCCNC1CCCCC(c2ccc(C(F)(F)F)cc2)C1. The lowest BCUT2D eigenvalue weighted by Gasteiger charge is -2.22. The normalized spacial score (nSPS) is 23.8. The monoisotopic (exact) mass is 299 g/mol. The zero-order chi connectivity index (χ0) is 15.3. The Morgan fingerprint density at radius 1 is 1.10 bits per heavy atom. The molecular formula is C17H24F3N. The lowest BCUT2D eigenvalue weighted by Crippen LogP contribution is -2.30. The number of nitrogens with one attached hydrogen (secondary N) is 1. The van der Waals surface area contributed by atoms with Gasteiger partial charge in [0, 0.05) is 6.04 Å². The number of hydrogen-bond acceptors (Lipinski definition) is 1. The van der Waals surface area contributed by atoms with Gasteiger partial charge >= 0.3 is 6.18 Å². The van der Waals surface area contributed by atoms with Crippen molar-refractivity contribution in [3.8, 4) is 0 Å². The average Bonchev–Trinajstić information content (AvgIpc) is 2.70. The second-order valence-corrected chi connectivity index (χ2v) is 5.99. The van der Waals surface area contributed by atoms with E-state index in [9.17, 15) is 13.2 Å². The second kappa shape index (κ2) is 7.30. The maximum atomic E-state index is 12.6. The van der Waals surface area contributed by atoms with Crippen LogP contribution in [0.15, 0.2) is 24.3 Å². The molecule has 1 aromatic rings. The first-order chi connectivity index (χ1) is 10.0. The molecule has 0 bridgehead atoms. The fraction of sp³-hybridized carbons (Fsp3) is 0.647.